The van der Waals surface area contributed by atoms with Gasteiger partial charge in [-0.2, -0.15) is 0 Å². The first kappa shape index (κ1) is 13.6. The lowest BCUT2D eigenvalue weighted by Gasteiger charge is -2.34. The van der Waals surface area contributed by atoms with Crippen LogP contribution >= 0.6 is 0 Å². The number of carbonyl (C=O) groups excluding carboxylic acids is 3. The van der Waals surface area contributed by atoms with Crippen LogP contribution in [0, 0.1) is 5.92 Å². The van der Waals surface area contributed by atoms with Crippen molar-refractivity contribution in [2.24, 2.45) is 17.4 Å². The summed E-state index contributed by atoms with van der Waals surface area (Å²) in [5.74, 6) is -1.43. The van der Waals surface area contributed by atoms with Gasteiger partial charge in [-0.05, 0) is 13.8 Å². The minimum Gasteiger partial charge on any atom is -0.370 e. The van der Waals surface area contributed by atoms with Crippen LogP contribution in [-0.4, -0.2) is 41.3 Å². The Balaban J connectivity index is 2.91. The van der Waals surface area contributed by atoms with Crippen molar-refractivity contribution in [2.45, 2.75) is 32.7 Å². The molecule has 1 rings (SSSR count). The number of hydrogen-bond donors (Lipinski definition) is 2. The number of carbonyl (C=O) groups is 3. The Morgan fingerprint density at radius 2 is 1.94 bits per heavy atom. The summed E-state index contributed by atoms with van der Waals surface area (Å²) in [4.78, 5) is 34.3. The summed E-state index contributed by atoms with van der Waals surface area (Å²) in [5.41, 5.74) is 10.3. The lowest BCUT2D eigenvalue weighted by Crippen LogP contribution is -2.58. The van der Waals surface area contributed by atoms with Crippen molar-refractivity contribution in [3.8, 4) is 0 Å². The molecule has 1 heterocycles. The molecule has 0 aromatic heterocycles. The van der Waals surface area contributed by atoms with Crippen molar-refractivity contribution in [3.05, 3.63) is 0 Å². The standard InChI is InChI=1S/C11H19N3O3/c1-7(2)14(6-10(13)16)4-3-8(11(14)17)5-9(12)15/h7-8H,3-6H2,1-2H3,(H3-,12,13,15,16)/p+1. The number of likely N-dealkylation sites (tertiary alicyclic amines) is 1. The molecule has 4 N–H and O–H groups in total. The lowest BCUT2D eigenvalue weighted by molar-refractivity contribution is -0.860. The van der Waals surface area contributed by atoms with Crippen molar-refractivity contribution in [3.63, 3.8) is 0 Å². The Bertz CT molecular complexity index is 354. The van der Waals surface area contributed by atoms with Crippen LogP contribution in [0.4, 0.5) is 0 Å². The third-order valence-electron chi connectivity index (χ3n) is 3.54. The van der Waals surface area contributed by atoms with Gasteiger partial charge in [-0.3, -0.25) is 14.1 Å². The van der Waals surface area contributed by atoms with Gasteiger partial charge >= 0.3 is 5.91 Å². The second kappa shape index (κ2) is 4.83. The summed E-state index contributed by atoms with van der Waals surface area (Å²) >= 11 is 0. The van der Waals surface area contributed by atoms with Crippen LogP contribution in [0.15, 0.2) is 0 Å². The topological polar surface area (TPSA) is 103 Å². The Kier molecular flexibility index (Phi) is 3.87. The van der Waals surface area contributed by atoms with Crippen LogP contribution in [0.25, 0.3) is 0 Å². The fourth-order valence-electron chi connectivity index (χ4n) is 2.55. The Morgan fingerprint density at radius 1 is 1.35 bits per heavy atom. The van der Waals surface area contributed by atoms with E-state index in [1.165, 1.54) is 0 Å². The second-order valence-electron chi connectivity index (χ2n) is 4.97. The van der Waals surface area contributed by atoms with E-state index in [-0.39, 0.29) is 35.3 Å². The predicted octanol–water partition coefficient (Wildman–Crippen LogP) is -0.881. The highest BCUT2D eigenvalue weighted by Crippen LogP contribution is 2.31. The maximum Gasteiger partial charge on any atom is 0.318 e. The van der Waals surface area contributed by atoms with Crippen LogP contribution in [0.1, 0.15) is 26.7 Å². The van der Waals surface area contributed by atoms with E-state index in [1.807, 2.05) is 13.8 Å². The third-order valence-corrected chi connectivity index (χ3v) is 3.54. The van der Waals surface area contributed by atoms with Crippen LogP contribution in [-0.2, 0) is 14.4 Å². The largest absolute Gasteiger partial charge is 0.370 e. The molecule has 1 aliphatic rings. The fourth-order valence-corrected chi connectivity index (χ4v) is 2.55. The SMILES string of the molecule is CC(C)[N+]1(CC(N)=O)CCC(CC(N)=O)C1=O. The molecule has 0 aromatic rings. The Hall–Kier alpha value is -1.43. The number of hydrogen-bond acceptors (Lipinski definition) is 3. The monoisotopic (exact) mass is 242 g/mol. The van der Waals surface area contributed by atoms with Gasteiger partial charge in [-0.25, -0.2) is 4.79 Å². The normalized spacial score (nSPS) is 28.6. The number of rotatable bonds is 5. The van der Waals surface area contributed by atoms with E-state index in [1.54, 1.807) is 0 Å². The van der Waals surface area contributed by atoms with Crippen LogP contribution < -0.4 is 11.5 Å². The third kappa shape index (κ3) is 2.63. The molecule has 6 heteroatoms. The van der Waals surface area contributed by atoms with Crippen molar-refractivity contribution < 1.29 is 18.9 Å². The maximum atomic E-state index is 12.3. The molecule has 17 heavy (non-hydrogen) atoms. The smallest absolute Gasteiger partial charge is 0.318 e. The molecule has 6 nitrogen and oxygen atoms in total. The zero-order valence-corrected chi connectivity index (χ0v) is 10.3. The van der Waals surface area contributed by atoms with Gasteiger partial charge in [0.15, 0.2) is 6.54 Å². The van der Waals surface area contributed by atoms with Gasteiger partial charge in [0.2, 0.25) is 5.91 Å². The van der Waals surface area contributed by atoms with E-state index < -0.39 is 11.8 Å². The second-order valence-corrected chi connectivity index (χ2v) is 4.97. The van der Waals surface area contributed by atoms with E-state index >= 15 is 0 Å². The first-order chi connectivity index (χ1) is 7.79. The molecule has 1 fully saturated rings. The zero-order chi connectivity index (χ0) is 13.2. The molecule has 3 amide bonds. The Labute approximate surface area is 101 Å². The van der Waals surface area contributed by atoms with E-state index in [2.05, 4.69) is 0 Å². The molecule has 96 valence electrons. The molecule has 0 bridgehead atoms. The number of quaternary nitrogens is 1. The van der Waals surface area contributed by atoms with Crippen LogP contribution in [0.2, 0.25) is 0 Å². The average Bonchev–Trinajstić information content (AvgIpc) is 2.46. The van der Waals surface area contributed by atoms with Crippen molar-refractivity contribution in [1.29, 1.82) is 0 Å². The summed E-state index contributed by atoms with van der Waals surface area (Å²) in [6, 6.07) is -0.0205. The highest BCUT2D eigenvalue weighted by Gasteiger charge is 2.50. The highest BCUT2D eigenvalue weighted by molar-refractivity contribution is 5.84. The van der Waals surface area contributed by atoms with Crippen molar-refractivity contribution in [2.75, 3.05) is 13.1 Å². The molecule has 0 aromatic carbocycles. The number of nitrogens with two attached hydrogens (primary N) is 2. The number of amides is 3. The molecule has 0 radical (unpaired) electrons. The molecule has 2 unspecified atom stereocenters. The first-order valence-electron chi connectivity index (χ1n) is 5.77. The van der Waals surface area contributed by atoms with E-state index in [9.17, 15) is 14.4 Å². The van der Waals surface area contributed by atoms with Gasteiger partial charge in [0, 0.05) is 12.8 Å². The van der Waals surface area contributed by atoms with Gasteiger partial charge in [0.05, 0.1) is 18.5 Å². The summed E-state index contributed by atoms with van der Waals surface area (Å²) in [7, 11) is 0. The van der Waals surface area contributed by atoms with Gasteiger partial charge in [-0.1, -0.05) is 0 Å². The van der Waals surface area contributed by atoms with Crippen molar-refractivity contribution >= 4 is 17.7 Å². The maximum absolute atomic E-state index is 12.3. The number of primary amides is 2. The zero-order valence-electron chi connectivity index (χ0n) is 10.3. The van der Waals surface area contributed by atoms with Crippen molar-refractivity contribution in [1.82, 2.24) is 0 Å². The number of nitrogens with zero attached hydrogens (tertiary/aromatic N) is 1. The molecular formula is C11H20N3O3+. The summed E-state index contributed by atoms with van der Waals surface area (Å²) < 4.78 is 0.0489. The molecule has 1 aliphatic heterocycles. The van der Waals surface area contributed by atoms with Gasteiger partial charge in [0.1, 0.15) is 0 Å². The molecule has 1 saturated heterocycles. The van der Waals surface area contributed by atoms with Crippen LogP contribution in [0.3, 0.4) is 0 Å². The van der Waals surface area contributed by atoms with Gasteiger partial charge < -0.3 is 11.5 Å². The lowest BCUT2D eigenvalue weighted by atomic mass is 10.0. The van der Waals surface area contributed by atoms with E-state index in [0.29, 0.717) is 13.0 Å². The average molecular weight is 242 g/mol. The first-order valence-corrected chi connectivity index (χ1v) is 5.77. The summed E-state index contributed by atoms with van der Waals surface area (Å²) in [6.07, 6.45) is 0.650. The molecule has 0 spiro atoms. The fraction of sp³-hybridized carbons (Fsp3) is 0.727. The molecule has 0 saturated carbocycles. The molecular weight excluding hydrogens is 222 g/mol. The minimum absolute atomic E-state index is 0.00572. The van der Waals surface area contributed by atoms with E-state index in [0.717, 1.165) is 0 Å². The van der Waals surface area contributed by atoms with E-state index in [4.69, 9.17) is 11.5 Å². The van der Waals surface area contributed by atoms with Crippen LogP contribution in [0.5, 0.6) is 0 Å². The summed E-state index contributed by atoms with van der Waals surface area (Å²) in [6.45, 7) is 4.32. The molecule has 2 atom stereocenters. The summed E-state index contributed by atoms with van der Waals surface area (Å²) in [5, 5.41) is 0. The highest BCUT2D eigenvalue weighted by atomic mass is 16.2. The molecule has 0 aliphatic carbocycles. The minimum atomic E-state index is -0.494. The predicted molar refractivity (Wildman–Crippen MR) is 61.3 cm³/mol. The van der Waals surface area contributed by atoms with Gasteiger partial charge in [-0.15, -0.1) is 0 Å². The Morgan fingerprint density at radius 3 is 2.35 bits per heavy atom. The quantitative estimate of drug-likeness (QED) is 0.612. The van der Waals surface area contributed by atoms with Gasteiger partial charge in [0.25, 0.3) is 5.91 Å².